The van der Waals surface area contributed by atoms with Gasteiger partial charge >= 0.3 is 0 Å². The molecule has 1 fully saturated rings. The van der Waals surface area contributed by atoms with E-state index in [-0.39, 0.29) is 17.3 Å². The van der Waals surface area contributed by atoms with Gasteiger partial charge in [-0.2, -0.15) is 4.31 Å². The number of hydrogen-bond acceptors (Lipinski definition) is 3. The van der Waals surface area contributed by atoms with Crippen molar-refractivity contribution in [1.82, 2.24) is 4.31 Å². The highest BCUT2D eigenvalue weighted by atomic mass is 35.5. The largest absolute Gasteiger partial charge is 0.324 e. The van der Waals surface area contributed by atoms with Gasteiger partial charge in [-0.05, 0) is 53.9 Å². The molecule has 0 bridgehead atoms. The van der Waals surface area contributed by atoms with Crippen LogP contribution in [0.5, 0.6) is 0 Å². The van der Waals surface area contributed by atoms with Crippen LogP contribution in [-0.4, -0.2) is 31.7 Å². The number of piperidine rings is 1. The number of carbonyl (C=O) groups excluding carboxylic acids is 1. The lowest BCUT2D eigenvalue weighted by Gasteiger charge is -2.31. The summed E-state index contributed by atoms with van der Waals surface area (Å²) >= 11 is 12.0. The monoisotopic (exact) mass is 462 g/mol. The summed E-state index contributed by atoms with van der Waals surface area (Å²) in [7, 11) is -3.70. The fraction of sp³-hybridized carbons (Fsp3) is 0.227. The van der Waals surface area contributed by atoms with Gasteiger partial charge in [-0.25, -0.2) is 8.42 Å². The van der Waals surface area contributed by atoms with Crippen molar-refractivity contribution in [2.45, 2.75) is 17.7 Å². The molecule has 5 nitrogen and oxygen atoms in total. The number of rotatable bonds is 4. The van der Waals surface area contributed by atoms with Crippen LogP contribution in [0, 0.1) is 5.92 Å². The predicted molar refractivity (Wildman–Crippen MR) is 121 cm³/mol. The van der Waals surface area contributed by atoms with Crippen molar-refractivity contribution in [1.29, 1.82) is 0 Å². The number of nitrogens with zero attached hydrogens (tertiary/aromatic N) is 1. The Morgan fingerprint density at radius 3 is 2.53 bits per heavy atom. The molecule has 0 aliphatic carbocycles. The van der Waals surface area contributed by atoms with E-state index in [0.29, 0.717) is 35.1 Å². The Morgan fingerprint density at radius 2 is 1.77 bits per heavy atom. The maximum absolute atomic E-state index is 13.2. The van der Waals surface area contributed by atoms with Crippen molar-refractivity contribution in [3.05, 3.63) is 70.7 Å². The lowest BCUT2D eigenvalue weighted by molar-refractivity contribution is -0.120. The van der Waals surface area contributed by atoms with Crippen molar-refractivity contribution in [3.63, 3.8) is 0 Å². The lowest BCUT2D eigenvalue weighted by Crippen LogP contribution is -2.43. The van der Waals surface area contributed by atoms with E-state index in [1.807, 2.05) is 24.3 Å². The molecule has 3 aromatic carbocycles. The molecule has 0 radical (unpaired) electrons. The number of benzene rings is 3. The van der Waals surface area contributed by atoms with Crippen molar-refractivity contribution in [3.8, 4) is 0 Å². The minimum Gasteiger partial charge on any atom is -0.324 e. The zero-order valence-electron chi connectivity index (χ0n) is 16.0. The molecule has 8 heteroatoms. The molecule has 1 aliphatic heterocycles. The third-order valence-corrected chi connectivity index (χ3v) is 7.71. The fourth-order valence-electron chi connectivity index (χ4n) is 3.68. The van der Waals surface area contributed by atoms with E-state index >= 15 is 0 Å². The molecule has 0 spiro atoms. The normalized spacial score (nSPS) is 17.7. The highest BCUT2D eigenvalue weighted by Gasteiger charge is 2.33. The first-order valence-electron chi connectivity index (χ1n) is 9.59. The summed E-state index contributed by atoms with van der Waals surface area (Å²) in [6, 6.07) is 17.5. The quantitative estimate of drug-likeness (QED) is 0.580. The molecule has 1 aliphatic rings. The summed E-state index contributed by atoms with van der Waals surface area (Å²) in [6.07, 6.45) is 1.22. The molecule has 1 N–H and O–H groups in total. The minimum atomic E-state index is -3.70. The average Bonchev–Trinajstić information content (AvgIpc) is 2.75. The second-order valence-electron chi connectivity index (χ2n) is 7.32. The number of halogens is 2. The molecule has 1 saturated heterocycles. The Morgan fingerprint density at radius 1 is 1.00 bits per heavy atom. The number of anilines is 1. The van der Waals surface area contributed by atoms with Crippen LogP contribution in [-0.2, 0) is 14.8 Å². The number of carbonyl (C=O) groups is 1. The molecule has 156 valence electrons. The van der Waals surface area contributed by atoms with Gasteiger partial charge in [0.1, 0.15) is 0 Å². The molecular formula is C22H20Cl2N2O3S. The van der Waals surface area contributed by atoms with Crippen LogP contribution >= 0.6 is 23.2 Å². The van der Waals surface area contributed by atoms with Gasteiger partial charge in [-0.3, -0.25) is 4.79 Å². The number of nitrogens with one attached hydrogen (secondary N) is 1. The Kier molecular flexibility index (Phi) is 6.02. The summed E-state index contributed by atoms with van der Waals surface area (Å²) in [6.45, 7) is 0.521. The van der Waals surface area contributed by atoms with Crippen LogP contribution in [0.4, 0.5) is 5.69 Å². The molecule has 0 unspecified atom stereocenters. The van der Waals surface area contributed by atoms with Crippen molar-refractivity contribution in [2.24, 2.45) is 5.92 Å². The second-order valence-corrected chi connectivity index (χ2v) is 10.1. The van der Waals surface area contributed by atoms with Gasteiger partial charge in [0.15, 0.2) is 0 Å². The van der Waals surface area contributed by atoms with E-state index in [0.717, 1.165) is 10.8 Å². The molecule has 1 atom stereocenters. The SMILES string of the molecule is O=C(Nc1ccc(Cl)cc1Cl)[C@H]1CCCN(S(=O)(=O)c2ccc3ccccc3c2)C1. The number of fused-ring (bicyclic) bond motifs is 1. The van der Waals surface area contributed by atoms with Gasteiger partial charge in [-0.15, -0.1) is 0 Å². The van der Waals surface area contributed by atoms with E-state index in [1.165, 1.54) is 4.31 Å². The van der Waals surface area contributed by atoms with E-state index in [1.54, 1.807) is 36.4 Å². The first-order chi connectivity index (χ1) is 14.3. The summed E-state index contributed by atoms with van der Waals surface area (Å²) in [4.78, 5) is 13.0. The molecule has 1 amide bonds. The summed E-state index contributed by atoms with van der Waals surface area (Å²) in [5, 5.41) is 5.45. The zero-order valence-corrected chi connectivity index (χ0v) is 18.3. The van der Waals surface area contributed by atoms with Crippen LogP contribution in [0.2, 0.25) is 10.0 Å². The van der Waals surface area contributed by atoms with Crippen molar-refractivity contribution in [2.75, 3.05) is 18.4 Å². The van der Waals surface area contributed by atoms with E-state index in [9.17, 15) is 13.2 Å². The smallest absolute Gasteiger partial charge is 0.243 e. The van der Waals surface area contributed by atoms with Crippen molar-refractivity contribution < 1.29 is 13.2 Å². The molecular weight excluding hydrogens is 443 g/mol. The first kappa shape index (κ1) is 21.1. The highest BCUT2D eigenvalue weighted by Crippen LogP contribution is 2.29. The third-order valence-electron chi connectivity index (χ3n) is 5.30. The molecule has 30 heavy (non-hydrogen) atoms. The summed E-state index contributed by atoms with van der Waals surface area (Å²) in [5.74, 6) is -0.710. The van der Waals surface area contributed by atoms with Crippen LogP contribution in [0.15, 0.2) is 65.6 Å². The van der Waals surface area contributed by atoms with Crippen LogP contribution in [0.3, 0.4) is 0 Å². The summed E-state index contributed by atoms with van der Waals surface area (Å²) < 4.78 is 27.8. The minimum absolute atomic E-state index is 0.131. The third kappa shape index (κ3) is 4.32. The fourth-order valence-corrected chi connectivity index (χ4v) is 5.69. The van der Waals surface area contributed by atoms with Gasteiger partial charge in [0.05, 0.1) is 21.5 Å². The van der Waals surface area contributed by atoms with Gasteiger partial charge in [0.25, 0.3) is 0 Å². The van der Waals surface area contributed by atoms with E-state index in [2.05, 4.69) is 5.32 Å². The Balaban J connectivity index is 1.52. The lowest BCUT2D eigenvalue weighted by atomic mass is 9.99. The van der Waals surface area contributed by atoms with Gasteiger partial charge in [-0.1, -0.05) is 53.5 Å². The zero-order chi connectivity index (χ0) is 21.3. The Labute approximate surface area is 185 Å². The van der Waals surface area contributed by atoms with Crippen molar-refractivity contribution >= 4 is 55.6 Å². The number of sulfonamides is 1. The first-order valence-corrected chi connectivity index (χ1v) is 11.8. The van der Waals surface area contributed by atoms with E-state index < -0.39 is 15.9 Å². The second kappa shape index (κ2) is 8.55. The predicted octanol–water partition coefficient (Wildman–Crippen LogP) is 5.19. The van der Waals surface area contributed by atoms with Gasteiger partial charge < -0.3 is 5.32 Å². The number of amides is 1. The van der Waals surface area contributed by atoms with Crippen LogP contribution in [0.25, 0.3) is 10.8 Å². The topological polar surface area (TPSA) is 66.5 Å². The highest BCUT2D eigenvalue weighted by molar-refractivity contribution is 7.89. The molecule has 0 saturated carbocycles. The average molecular weight is 463 g/mol. The van der Waals surface area contributed by atoms with Gasteiger partial charge in [0, 0.05) is 18.1 Å². The van der Waals surface area contributed by atoms with Crippen LogP contribution < -0.4 is 5.32 Å². The molecule has 1 heterocycles. The molecule has 3 aromatic rings. The molecule has 4 rings (SSSR count). The maximum Gasteiger partial charge on any atom is 0.243 e. The molecule has 0 aromatic heterocycles. The Hall–Kier alpha value is -2.12. The maximum atomic E-state index is 13.2. The summed E-state index contributed by atoms with van der Waals surface area (Å²) in [5.41, 5.74) is 0.459. The van der Waals surface area contributed by atoms with E-state index in [4.69, 9.17) is 23.2 Å². The number of hydrogen-bond donors (Lipinski definition) is 1. The van der Waals surface area contributed by atoms with Gasteiger partial charge in [0.2, 0.25) is 15.9 Å². The van der Waals surface area contributed by atoms with Crippen LogP contribution in [0.1, 0.15) is 12.8 Å². The standard InChI is InChI=1S/C22H20Cl2N2O3S/c23-18-8-10-21(20(24)13-18)25-22(27)17-6-3-11-26(14-17)30(28,29)19-9-7-15-4-1-2-5-16(15)12-19/h1-2,4-5,7-10,12-13,17H,3,6,11,14H2,(H,25,27)/t17-/m0/s1. The Bertz CT molecular complexity index is 1210.